The number of halogens is 1. The van der Waals surface area contributed by atoms with Crippen LogP contribution in [-0.4, -0.2) is 24.9 Å². The van der Waals surface area contributed by atoms with E-state index < -0.39 is 5.82 Å². The lowest BCUT2D eigenvalue weighted by molar-refractivity contribution is 0.183. The van der Waals surface area contributed by atoms with Crippen LogP contribution in [0.25, 0.3) is 0 Å². The van der Waals surface area contributed by atoms with Gasteiger partial charge < -0.3 is 20.9 Å². The van der Waals surface area contributed by atoms with Crippen molar-refractivity contribution in [2.75, 3.05) is 24.7 Å². The Labute approximate surface area is 101 Å². The maximum absolute atomic E-state index is 13.5. The summed E-state index contributed by atoms with van der Waals surface area (Å²) in [4.78, 5) is 0. The van der Waals surface area contributed by atoms with Gasteiger partial charge in [0, 0.05) is 18.7 Å². The Kier molecular flexibility index (Phi) is 5.03. The van der Waals surface area contributed by atoms with Gasteiger partial charge in [0.25, 0.3) is 0 Å². The standard InChI is InChI=1S/C12H19FN2O2/c1-8(16)4-3-5-15-11-7-12(17-2)10(14)6-9(11)13/h6-8,15-16H,3-5,14H2,1-2H3. The van der Waals surface area contributed by atoms with Gasteiger partial charge in [-0.2, -0.15) is 0 Å². The summed E-state index contributed by atoms with van der Waals surface area (Å²) in [6.07, 6.45) is 1.12. The minimum atomic E-state index is -0.402. The lowest BCUT2D eigenvalue weighted by atomic mass is 10.2. The van der Waals surface area contributed by atoms with E-state index in [-0.39, 0.29) is 11.8 Å². The summed E-state index contributed by atoms with van der Waals surface area (Å²) in [5.74, 6) is 0.0461. The monoisotopic (exact) mass is 242 g/mol. The molecular weight excluding hydrogens is 223 g/mol. The van der Waals surface area contributed by atoms with E-state index in [0.717, 1.165) is 6.42 Å². The van der Waals surface area contributed by atoms with Gasteiger partial charge in [-0.3, -0.25) is 0 Å². The lowest BCUT2D eigenvalue weighted by Gasteiger charge is -2.11. The number of rotatable bonds is 6. The third-order valence-electron chi connectivity index (χ3n) is 2.43. The molecule has 96 valence electrons. The molecule has 5 heteroatoms. The highest BCUT2D eigenvalue weighted by Crippen LogP contribution is 2.28. The largest absolute Gasteiger partial charge is 0.495 e. The molecule has 1 aromatic rings. The molecule has 0 saturated heterocycles. The Balaban J connectivity index is 2.58. The fraction of sp³-hybridized carbons (Fsp3) is 0.500. The number of aliphatic hydroxyl groups excluding tert-OH is 1. The maximum atomic E-state index is 13.5. The number of methoxy groups -OCH3 is 1. The van der Waals surface area contributed by atoms with Gasteiger partial charge in [-0.05, 0) is 19.8 Å². The highest BCUT2D eigenvalue weighted by Gasteiger charge is 2.07. The van der Waals surface area contributed by atoms with Crippen molar-refractivity contribution in [1.82, 2.24) is 0 Å². The predicted molar refractivity (Wildman–Crippen MR) is 66.8 cm³/mol. The number of benzene rings is 1. The third kappa shape index (κ3) is 4.11. The van der Waals surface area contributed by atoms with Crippen LogP contribution in [0.15, 0.2) is 12.1 Å². The van der Waals surface area contributed by atoms with Gasteiger partial charge in [0.15, 0.2) is 0 Å². The number of nitrogen functional groups attached to an aromatic ring is 1. The molecule has 0 aliphatic carbocycles. The molecule has 0 aliphatic heterocycles. The molecule has 0 aliphatic rings. The second-order valence-corrected chi connectivity index (χ2v) is 3.99. The Hall–Kier alpha value is -1.49. The van der Waals surface area contributed by atoms with E-state index >= 15 is 0 Å². The molecule has 0 heterocycles. The van der Waals surface area contributed by atoms with Crippen LogP contribution in [0.5, 0.6) is 5.75 Å². The summed E-state index contributed by atoms with van der Waals surface area (Å²) in [5.41, 5.74) is 6.21. The van der Waals surface area contributed by atoms with Crippen molar-refractivity contribution in [3.63, 3.8) is 0 Å². The second kappa shape index (κ2) is 6.30. The molecule has 4 N–H and O–H groups in total. The molecule has 0 amide bonds. The van der Waals surface area contributed by atoms with Gasteiger partial charge in [0.05, 0.1) is 24.6 Å². The number of nitrogens with two attached hydrogens (primary N) is 1. The Morgan fingerprint density at radius 3 is 2.82 bits per heavy atom. The number of hydrogen-bond donors (Lipinski definition) is 3. The summed E-state index contributed by atoms with van der Waals surface area (Å²) < 4.78 is 18.5. The number of nitrogens with one attached hydrogen (secondary N) is 1. The van der Waals surface area contributed by atoms with Crippen molar-refractivity contribution >= 4 is 11.4 Å². The molecular formula is C12H19FN2O2. The van der Waals surface area contributed by atoms with Crippen LogP contribution in [0.2, 0.25) is 0 Å². The van der Waals surface area contributed by atoms with E-state index in [9.17, 15) is 4.39 Å². The average Bonchev–Trinajstić information content (AvgIpc) is 2.26. The first-order valence-electron chi connectivity index (χ1n) is 5.59. The smallest absolute Gasteiger partial charge is 0.148 e. The summed E-state index contributed by atoms with van der Waals surface area (Å²) in [6, 6.07) is 2.77. The van der Waals surface area contributed by atoms with E-state index in [1.807, 2.05) is 0 Å². The molecule has 0 fully saturated rings. The van der Waals surface area contributed by atoms with Crippen LogP contribution < -0.4 is 15.8 Å². The first-order chi connectivity index (χ1) is 8.04. The number of ether oxygens (including phenoxy) is 1. The molecule has 1 aromatic carbocycles. The molecule has 0 radical (unpaired) electrons. The van der Waals surface area contributed by atoms with Crippen LogP contribution in [0.3, 0.4) is 0 Å². The molecule has 4 nitrogen and oxygen atoms in total. The van der Waals surface area contributed by atoms with Crippen molar-refractivity contribution in [2.45, 2.75) is 25.9 Å². The van der Waals surface area contributed by atoms with Crippen molar-refractivity contribution < 1.29 is 14.2 Å². The molecule has 17 heavy (non-hydrogen) atoms. The fourth-order valence-electron chi connectivity index (χ4n) is 1.50. The van der Waals surface area contributed by atoms with Gasteiger partial charge in [-0.1, -0.05) is 0 Å². The first-order valence-corrected chi connectivity index (χ1v) is 5.59. The SMILES string of the molecule is COc1cc(NCCCC(C)O)c(F)cc1N. The Bertz CT molecular complexity index is 370. The molecule has 0 saturated carbocycles. The normalized spacial score (nSPS) is 12.2. The van der Waals surface area contributed by atoms with E-state index in [1.54, 1.807) is 6.92 Å². The summed E-state index contributed by atoms with van der Waals surface area (Å²) in [7, 11) is 1.49. The van der Waals surface area contributed by atoms with Crippen molar-refractivity contribution in [1.29, 1.82) is 0 Å². The fourth-order valence-corrected chi connectivity index (χ4v) is 1.50. The molecule has 1 unspecified atom stereocenters. The van der Waals surface area contributed by atoms with Gasteiger partial charge >= 0.3 is 0 Å². The zero-order valence-electron chi connectivity index (χ0n) is 10.2. The molecule has 0 bridgehead atoms. The van der Waals surface area contributed by atoms with Gasteiger partial charge in [0.2, 0.25) is 0 Å². The van der Waals surface area contributed by atoms with Gasteiger partial charge in [-0.15, -0.1) is 0 Å². The van der Waals surface area contributed by atoms with Crippen LogP contribution in [0.1, 0.15) is 19.8 Å². The van der Waals surface area contributed by atoms with Gasteiger partial charge in [0.1, 0.15) is 11.6 Å². The zero-order chi connectivity index (χ0) is 12.8. The van der Waals surface area contributed by atoms with E-state index in [2.05, 4.69) is 5.32 Å². The summed E-state index contributed by atoms with van der Waals surface area (Å²) in [5, 5.41) is 12.0. The quantitative estimate of drug-likeness (QED) is 0.527. The number of anilines is 2. The van der Waals surface area contributed by atoms with Crippen LogP contribution in [0, 0.1) is 5.82 Å². The molecule has 0 spiro atoms. The van der Waals surface area contributed by atoms with E-state index in [4.69, 9.17) is 15.6 Å². The van der Waals surface area contributed by atoms with Crippen molar-refractivity contribution in [3.05, 3.63) is 17.9 Å². The Morgan fingerprint density at radius 2 is 2.24 bits per heavy atom. The number of aliphatic hydroxyl groups is 1. The van der Waals surface area contributed by atoms with E-state index in [1.165, 1.54) is 19.2 Å². The molecule has 1 atom stereocenters. The van der Waals surface area contributed by atoms with Crippen LogP contribution >= 0.6 is 0 Å². The Morgan fingerprint density at radius 1 is 1.53 bits per heavy atom. The molecule has 0 aromatic heterocycles. The second-order valence-electron chi connectivity index (χ2n) is 3.99. The van der Waals surface area contributed by atoms with Crippen molar-refractivity contribution in [3.8, 4) is 5.75 Å². The maximum Gasteiger partial charge on any atom is 0.148 e. The third-order valence-corrected chi connectivity index (χ3v) is 2.43. The van der Waals surface area contributed by atoms with Crippen LogP contribution in [0.4, 0.5) is 15.8 Å². The minimum Gasteiger partial charge on any atom is -0.495 e. The average molecular weight is 242 g/mol. The van der Waals surface area contributed by atoms with Crippen molar-refractivity contribution in [2.24, 2.45) is 0 Å². The summed E-state index contributed by atoms with van der Waals surface area (Å²) >= 11 is 0. The minimum absolute atomic E-state index is 0.277. The topological polar surface area (TPSA) is 67.5 Å². The first kappa shape index (κ1) is 13.6. The number of hydrogen-bond acceptors (Lipinski definition) is 4. The molecule has 1 rings (SSSR count). The highest BCUT2D eigenvalue weighted by atomic mass is 19.1. The lowest BCUT2D eigenvalue weighted by Crippen LogP contribution is -2.08. The zero-order valence-corrected chi connectivity index (χ0v) is 10.2. The summed E-state index contributed by atoms with van der Waals surface area (Å²) in [6.45, 7) is 2.32. The van der Waals surface area contributed by atoms with E-state index in [0.29, 0.717) is 24.4 Å². The van der Waals surface area contributed by atoms with Crippen LogP contribution in [-0.2, 0) is 0 Å². The van der Waals surface area contributed by atoms with Gasteiger partial charge in [-0.25, -0.2) is 4.39 Å². The predicted octanol–water partition coefficient (Wildman–Crippen LogP) is 1.99. The highest BCUT2D eigenvalue weighted by molar-refractivity contribution is 5.62.